The number of ether oxygens (including phenoxy) is 2. The lowest BCUT2D eigenvalue weighted by molar-refractivity contribution is -0.0820. The van der Waals surface area contributed by atoms with Gasteiger partial charge in [-0.1, -0.05) is 30.5 Å². The zero-order chi connectivity index (χ0) is 16.6. The summed E-state index contributed by atoms with van der Waals surface area (Å²) in [4.78, 5) is 12.4. The SMILES string of the molecule is Cc1ccc2c(c1)[C@H](NC(=O)N[C@H]1CCOC3(CCCC3)C1)CO2. The first kappa shape index (κ1) is 15.8. The van der Waals surface area contributed by atoms with Gasteiger partial charge < -0.3 is 20.1 Å². The number of rotatable bonds is 2. The molecule has 2 heterocycles. The van der Waals surface area contributed by atoms with Crippen LogP contribution in [0.5, 0.6) is 5.75 Å². The number of amides is 2. The highest BCUT2D eigenvalue weighted by atomic mass is 16.5. The second kappa shape index (κ2) is 6.28. The van der Waals surface area contributed by atoms with Gasteiger partial charge in [0.2, 0.25) is 0 Å². The summed E-state index contributed by atoms with van der Waals surface area (Å²) in [6.07, 6.45) is 6.60. The van der Waals surface area contributed by atoms with Crippen LogP contribution in [0.2, 0.25) is 0 Å². The molecule has 1 saturated carbocycles. The lowest BCUT2D eigenvalue weighted by Gasteiger charge is -2.38. The largest absolute Gasteiger partial charge is 0.491 e. The topological polar surface area (TPSA) is 59.6 Å². The van der Waals surface area contributed by atoms with Crippen molar-refractivity contribution in [3.05, 3.63) is 29.3 Å². The molecule has 24 heavy (non-hydrogen) atoms. The van der Waals surface area contributed by atoms with E-state index < -0.39 is 0 Å². The van der Waals surface area contributed by atoms with E-state index in [0.29, 0.717) is 6.61 Å². The lowest BCUT2D eigenvalue weighted by Crippen LogP contribution is -2.50. The maximum Gasteiger partial charge on any atom is 0.315 e. The van der Waals surface area contributed by atoms with E-state index in [-0.39, 0.29) is 23.7 Å². The van der Waals surface area contributed by atoms with Crippen molar-refractivity contribution in [1.82, 2.24) is 10.6 Å². The molecule has 130 valence electrons. The maximum atomic E-state index is 12.4. The standard InChI is InChI=1S/C19H26N2O3/c1-13-4-5-17-15(10-13)16(12-23-17)21-18(22)20-14-6-9-24-19(11-14)7-2-3-8-19/h4-5,10,14,16H,2-3,6-9,11-12H2,1H3,(H2,20,21,22)/t14-,16+/m0/s1. The Balaban J connectivity index is 1.35. The van der Waals surface area contributed by atoms with Gasteiger partial charge in [0, 0.05) is 18.2 Å². The van der Waals surface area contributed by atoms with Gasteiger partial charge in [-0.25, -0.2) is 4.79 Å². The number of hydrogen-bond donors (Lipinski definition) is 2. The molecular weight excluding hydrogens is 304 g/mol. The van der Waals surface area contributed by atoms with E-state index in [1.54, 1.807) is 0 Å². The Labute approximate surface area is 143 Å². The summed E-state index contributed by atoms with van der Waals surface area (Å²) < 4.78 is 11.7. The van der Waals surface area contributed by atoms with Crippen LogP contribution < -0.4 is 15.4 Å². The summed E-state index contributed by atoms with van der Waals surface area (Å²) >= 11 is 0. The fourth-order valence-electron chi connectivity index (χ4n) is 4.36. The van der Waals surface area contributed by atoms with Crippen molar-refractivity contribution in [3.63, 3.8) is 0 Å². The van der Waals surface area contributed by atoms with E-state index in [9.17, 15) is 4.79 Å². The molecule has 0 bridgehead atoms. The van der Waals surface area contributed by atoms with Crippen LogP contribution in [0.25, 0.3) is 0 Å². The Morgan fingerprint density at radius 2 is 2.08 bits per heavy atom. The van der Waals surface area contributed by atoms with Gasteiger partial charge in [0.1, 0.15) is 12.4 Å². The third-order valence-electron chi connectivity index (χ3n) is 5.59. The van der Waals surface area contributed by atoms with Crippen molar-refractivity contribution >= 4 is 6.03 Å². The summed E-state index contributed by atoms with van der Waals surface area (Å²) in [7, 11) is 0. The van der Waals surface area contributed by atoms with Gasteiger partial charge in [-0.15, -0.1) is 0 Å². The van der Waals surface area contributed by atoms with E-state index >= 15 is 0 Å². The molecule has 4 rings (SSSR count). The number of urea groups is 1. The van der Waals surface area contributed by atoms with Crippen LogP contribution in [0.15, 0.2) is 18.2 Å². The Morgan fingerprint density at radius 3 is 2.92 bits per heavy atom. The first-order valence-corrected chi connectivity index (χ1v) is 9.08. The van der Waals surface area contributed by atoms with Crippen LogP contribution in [0, 0.1) is 6.92 Å². The van der Waals surface area contributed by atoms with Crippen molar-refractivity contribution in [1.29, 1.82) is 0 Å². The van der Waals surface area contributed by atoms with Crippen LogP contribution in [-0.2, 0) is 4.74 Å². The van der Waals surface area contributed by atoms with Crippen molar-refractivity contribution in [2.45, 2.75) is 63.1 Å². The fraction of sp³-hybridized carbons (Fsp3) is 0.632. The van der Waals surface area contributed by atoms with Crippen LogP contribution in [0.4, 0.5) is 4.79 Å². The van der Waals surface area contributed by atoms with Crippen molar-refractivity contribution in [2.24, 2.45) is 0 Å². The number of nitrogens with one attached hydrogen (secondary N) is 2. The van der Waals surface area contributed by atoms with Crippen LogP contribution in [0.1, 0.15) is 55.7 Å². The van der Waals surface area contributed by atoms with E-state index in [2.05, 4.69) is 23.6 Å². The number of benzene rings is 1. The molecule has 2 aliphatic heterocycles. The zero-order valence-corrected chi connectivity index (χ0v) is 14.3. The molecule has 5 heteroatoms. The summed E-state index contributed by atoms with van der Waals surface area (Å²) in [5, 5.41) is 6.23. The number of aryl methyl sites for hydroxylation is 1. The lowest BCUT2D eigenvalue weighted by atomic mass is 9.89. The van der Waals surface area contributed by atoms with Crippen LogP contribution in [-0.4, -0.2) is 30.9 Å². The summed E-state index contributed by atoms with van der Waals surface area (Å²) in [5.41, 5.74) is 2.28. The quantitative estimate of drug-likeness (QED) is 0.875. The molecule has 2 atom stereocenters. The second-order valence-electron chi connectivity index (χ2n) is 7.45. The molecule has 2 N–H and O–H groups in total. The van der Waals surface area contributed by atoms with Crippen LogP contribution >= 0.6 is 0 Å². The third-order valence-corrected chi connectivity index (χ3v) is 5.59. The highest BCUT2D eigenvalue weighted by molar-refractivity contribution is 5.75. The first-order valence-electron chi connectivity index (χ1n) is 9.08. The minimum atomic E-state index is -0.0991. The van der Waals surface area contributed by atoms with Crippen molar-refractivity contribution in [3.8, 4) is 5.75 Å². The molecule has 2 fully saturated rings. The number of carbonyl (C=O) groups is 1. The average Bonchev–Trinajstić information content (AvgIpc) is 3.15. The van der Waals surface area contributed by atoms with Gasteiger partial charge in [-0.2, -0.15) is 0 Å². The summed E-state index contributed by atoms with van der Waals surface area (Å²) in [5.74, 6) is 0.877. The molecule has 0 radical (unpaired) electrons. The molecule has 2 amide bonds. The predicted molar refractivity (Wildman–Crippen MR) is 91.3 cm³/mol. The Bertz CT molecular complexity index is 625. The van der Waals surface area contributed by atoms with Gasteiger partial charge in [0.15, 0.2) is 0 Å². The smallest absolute Gasteiger partial charge is 0.315 e. The molecule has 0 unspecified atom stereocenters. The van der Waals surface area contributed by atoms with E-state index in [1.807, 2.05) is 12.1 Å². The molecular formula is C19H26N2O3. The normalized spacial score (nSPS) is 27.5. The molecule has 1 aromatic carbocycles. The minimum Gasteiger partial charge on any atom is -0.491 e. The third kappa shape index (κ3) is 3.09. The first-order chi connectivity index (χ1) is 11.6. The van der Waals surface area contributed by atoms with Crippen molar-refractivity contribution < 1.29 is 14.3 Å². The molecule has 1 saturated heterocycles. The Kier molecular flexibility index (Phi) is 4.12. The number of hydrogen-bond acceptors (Lipinski definition) is 3. The molecule has 3 aliphatic rings. The Hall–Kier alpha value is -1.75. The number of fused-ring (bicyclic) bond motifs is 1. The molecule has 1 aliphatic carbocycles. The molecule has 0 aromatic heterocycles. The van der Waals surface area contributed by atoms with Gasteiger partial charge in [0.25, 0.3) is 0 Å². The average molecular weight is 330 g/mol. The van der Waals surface area contributed by atoms with Gasteiger partial charge in [-0.05, 0) is 38.7 Å². The molecule has 1 spiro atoms. The van der Waals surface area contributed by atoms with Gasteiger partial charge in [-0.3, -0.25) is 0 Å². The molecule has 1 aromatic rings. The van der Waals surface area contributed by atoms with Gasteiger partial charge >= 0.3 is 6.03 Å². The van der Waals surface area contributed by atoms with E-state index in [1.165, 1.54) is 18.4 Å². The van der Waals surface area contributed by atoms with E-state index in [0.717, 1.165) is 43.6 Å². The van der Waals surface area contributed by atoms with Gasteiger partial charge in [0.05, 0.1) is 11.6 Å². The maximum absolute atomic E-state index is 12.4. The van der Waals surface area contributed by atoms with Crippen molar-refractivity contribution in [2.75, 3.05) is 13.2 Å². The summed E-state index contributed by atoms with van der Waals surface area (Å²) in [6.45, 7) is 3.31. The second-order valence-corrected chi connectivity index (χ2v) is 7.45. The van der Waals surface area contributed by atoms with E-state index in [4.69, 9.17) is 9.47 Å². The fourth-order valence-corrected chi connectivity index (χ4v) is 4.36. The highest BCUT2D eigenvalue weighted by Gasteiger charge is 2.40. The molecule has 5 nitrogen and oxygen atoms in total. The predicted octanol–water partition coefficient (Wildman–Crippen LogP) is 3.22. The zero-order valence-electron chi connectivity index (χ0n) is 14.3. The monoisotopic (exact) mass is 330 g/mol. The summed E-state index contributed by atoms with van der Waals surface area (Å²) in [6, 6.07) is 6.14. The van der Waals surface area contributed by atoms with Crippen LogP contribution in [0.3, 0.4) is 0 Å². The Morgan fingerprint density at radius 1 is 1.25 bits per heavy atom. The minimum absolute atomic E-state index is 0.0242. The number of carbonyl (C=O) groups excluding carboxylic acids is 1. The highest BCUT2D eigenvalue weighted by Crippen LogP contribution is 2.40.